The molecule has 0 radical (unpaired) electrons. The molecule has 0 atom stereocenters. The molecule has 0 aromatic carbocycles. The maximum atomic E-state index is 11.2. The highest BCUT2D eigenvalue weighted by Crippen LogP contribution is 2.30. The average Bonchev–Trinajstić information content (AvgIpc) is 2.94. The van der Waals surface area contributed by atoms with Crippen molar-refractivity contribution in [1.82, 2.24) is 4.98 Å². The van der Waals surface area contributed by atoms with Gasteiger partial charge >= 0.3 is 5.97 Å². The Bertz CT molecular complexity index is 523. The van der Waals surface area contributed by atoms with Crippen LogP contribution in [0.25, 0.3) is 0 Å². The predicted molar refractivity (Wildman–Crippen MR) is 75.0 cm³/mol. The van der Waals surface area contributed by atoms with Crippen molar-refractivity contribution in [3.63, 3.8) is 0 Å². The lowest BCUT2D eigenvalue weighted by Crippen LogP contribution is -2.00. The summed E-state index contributed by atoms with van der Waals surface area (Å²) in [5.74, 6) is 0.483. The Kier molecular flexibility index (Phi) is 4.61. The third-order valence-electron chi connectivity index (χ3n) is 1.84. The normalized spacial score (nSPS) is 10.5. The van der Waals surface area contributed by atoms with E-state index >= 15 is 0 Å². The largest absolute Gasteiger partial charge is 0.464 e. The molecule has 0 aliphatic heterocycles. The summed E-state index contributed by atoms with van der Waals surface area (Å²) >= 11 is 8.21. The Morgan fingerprint density at radius 2 is 2.35 bits per heavy atom. The molecule has 2 heterocycles. The van der Waals surface area contributed by atoms with Crippen LogP contribution >= 0.6 is 50.4 Å². The molecule has 0 saturated carbocycles. The summed E-state index contributed by atoms with van der Waals surface area (Å²) in [6, 6.07) is 2.09. The molecular formula is C10H8BrNO2S3. The number of hydrogen-bond donors (Lipinski definition) is 0. The van der Waals surface area contributed by atoms with E-state index in [-0.39, 0.29) is 5.97 Å². The van der Waals surface area contributed by atoms with Gasteiger partial charge in [-0.15, -0.1) is 22.7 Å². The van der Waals surface area contributed by atoms with Crippen LogP contribution in [0.3, 0.4) is 0 Å². The van der Waals surface area contributed by atoms with Crippen molar-refractivity contribution in [2.75, 3.05) is 7.11 Å². The summed E-state index contributed by atoms with van der Waals surface area (Å²) in [6.07, 6.45) is 0. The second kappa shape index (κ2) is 5.99. The zero-order valence-electron chi connectivity index (χ0n) is 8.81. The molecule has 2 aromatic rings. The fourth-order valence-corrected chi connectivity index (χ4v) is 4.39. The Balaban J connectivity index is 1.95. The number of nitrogens with zero attached hydrogens (tertiary/aromatic N) is 1. The number of rotatable bonds is 4. The molecule has 0 aliphatic carbocycles. The number of hydrogen-bond acceptors (Lipinski definition) is 6. The number of ether oxygens (including phenoxy) is 1. The van der Waals surface area contributed by atoms with Crippen LogP contribution in [0.5, 0.6) is 0 Å². The number of carbonyl (C=O) groups excluding carboxylic acids is 1. The summed E-state index contributed by atoms with van der Waals surface area (Å²) in [6.45, 7) is 0. The first-order valence-corrected chi connectivity index (χ1v) is 8.12. The van der Waals surface area contributed by atoms with Crippen LogP contribution in [-0.4, -0.2) is 18.1 Å². The van der Waals surface area contributed by atoms with Gasteiger partial charge in [0.2, 0.25) is 0 Å². The average molecular weight is 350 g/mol. The van der Waals surface area contributed by atoms with Crippen molar-refractivity contribution >= 4 is 56.3 Å². The van der Waals surface area contributed by atoms with E-state index in [9.17, 15) is 4.79 Å². The molecule has 90 valence electrons. The quantitative estimate of drug-likeness (QED) is 0.616. The van der Waals surface area contributed by atoms with Gasteiger partial charge in [0.15, 0.2) is 10.0 Å². The van der Waals surface area contributed by atoms with Gasteiger partial charge in [0.1, 0.15) is 0 Å². The number of carbonyl (C=O) groups is 1. The molecule has 0 spiro atoms. The molecule has 2 aromatic heterocycles. The van der Waals surface area contributed by atoms with Crippen molar-refractivity contribution in [2.24, 2.45) is 0 Å². The topological polar surface area (TPSA) is 39.2 Å². The molecule has 3 nitrogen and oxygen atoms in total. The van der Waals surface area contributed by atoms with Crippen molar-refractivity contribution in [3.8, 4) is 0 Å². The molecule has 7 heteroatoms. The first-order chi connectivity index (χ1) is 8.19. The lowest BCUT2D eigenvalue weighted by Gasteiger charge is -1.94. The highest BCUT2D eigenvalue weighted by Gasteiger charge is 2.11. The Morgan fingerprint density at radius 3 is 3.00 bits per heavy atom. The van der Waals surface area contributed by atoms with Crippen LogP contribution in [0, 0.1) is 0 Å². The van der Waals surface area contributed by atoms with Gasteiger partial charge in [-0.2, -0.15) is 0 Å². The second-order valence-electron chi connectivity index (χ2n) is 3.01. The van der Waals surface area contributed by atoms with Gasteiger partial charge in [-0.3, -0.25) is 0 Å². The minimum absolute atomic E-state index is 0.382. The summed E-state index contributed by atoms with van der Waals surface area (Å²) in [7, 11) is 1.36. The minimum Gasteiger partial charge on any atom is -0.464 e. The van der Waals surface area contributed by atoms with Gasteiger partial charge < -0.3 is 4.74 Å². The van der Waals surface area contributed by atoms with Crippen LogP contribution < -0.4 is 0 Å². The molecular weight excluding hydrogens is 342 g/mol. The van der Waals surface area contributed by atoms with Crippen LogP contribution in [0.4, 0.5) is 0 Å². The van der Waals surface area contributed by atoms with Crippen molar-refractivity contribution in [2.45, 2.75) is 10.1 Å². The Hall–Kier alpha value is -0.370. The second-order valence-corrected chi connectivity index (χ2v) is 7.00. The number of thiophene rings is 1. The zero-order chi connectivity index (χ0) is 12.3. The van der Waals surface area contributed by atoms with Crippen LogP contribution in [0.1, 0.15) is 15.4 Å². The van der Waals surface area contributed by atoms with E-state index in [1.807, 2.05) is 0 Å². The van der Waals surface area contributed by atoms with E-state index in [0.717, 1.165) is 14.6 Å². The van der Waals surface area contributed by atoms with E-state index < -0.39 is 0 Å². The highest BCUT2D eigenvalue weighted by atomic mass is 79.9. The number of aromatic nitrogens is 1. The SMILES string of the molecule is COC(=O)c1csc(SCc2cc(Br)cs2)n1. The summed E-state index contributed by atoms with van der Waals surface area (Å²) in [5, 5.41) is 3.77. The van der Waals surface area contributed by atoms with E-state index in [1.165, 1.54) is 23.3 Å². The lowest BCUT2D eigenvalue weighted by atomic mass is 10.5. The third kappa shape index (κ3) is 3.54. The summed E-state index contributed by atoms with van der Waals surface area (Å²) < 4.78 is 6.60. The summed E-state index contributed by atoms with van der Waals surface area (Å²) in [5.41, 5.74) is 0.382. The van der Waals surface area contributed by atoms with Gasteiger partial charge in [0, 0.05) is 25.9 Å². The number of methoxy groups -OCH3 is 1. The third-order valence-corrected chi connectivity index (χ3v) is 5.79. The van der Waals surface area contributed by atoms with Crippen molar-refractivity contribution < 1.29 is 9.53 Å². The van der Waals surface area contributed by atoms with Crippen molar-refractivity contribution in [3.05, 3.63) is 31.9 Å². The van der Waals surface area contributed by atoms with Crippen molar-refractivity contribution in [1.29, 1.82) is 0 Å². The molecule has 0 saturated heterocycles. The number of esters is 1. The molecule has 0 unspecified atom stereocenters. The molecule has 2 rings (SSSR count). The smallest absolute Gasteiger partial charge is 0.357 e. The van der Waals surface area contributed by atoms with E-state index in [2.05, 4.69) is 37.1 Å². The minimum atomic E-state index is -0.382. The van der Waals surface area contributed by atoms with Crippen LogP contribution in [0.15, 0.2) is 25.6 Å². The van der Waals surface area contributed by atoms with Crippen LogP contribution in [0.2, 0.25) is 0 Å². The maximum Gasteiger partial charge on any atom is 0.357 e. The van der Waals surface area contributed by atoms with Gasteiger partial charge in [-0.1, -0.05) is 11.8 Å². The molecule has 0 bridgehead atoms. The van der Waals surface area contributed by atoms with E-state index in [0.29, 0.717) is 5.69 Å². The molecule has 0 aliphatic rings. The molecule has 0 amide bonds. The number of thiazole rings is 1. The number of thioether (sulfide) groups is 1. The van der Waals surface area contributed by atoms with Gasteiger partial charge in [-0.25, -0.2) is 9.78 Å². The maximum absolute atomic E-state index is 11.2. The molecule has 17 heavy (non-hydrogen) atoms. The lowest BCUT2D eigenvalue weighted by molar-refractivity contribution is 0.0594. The first kappa shape index (κ1) is 13.1. The standard InChI is InChI=1S/C10H8BrNO2S3/c1-14-9(13)8-5-17-10(12-8)16-4-7-2-6(11)3-15-7/h2-3,5H,4H2,1H3. The van der Waals surface area contributed by atoms with Gasteiger partial charge in [-0.05, 0) is 22.0 Å². The predicted octanol–water partition coefficient (Wildman–Crippen LogP) is 4.05. The van der Waals surface area contributed by atoms with Crippen LogP contribution in [-0.2, 0) is 10.5 Å². The fraction of sp³-hybridized carbons (Fsp3) is 0.200. The molecule has 0 N–H and O–H groups in total. The fourth-order valence-electron chi connectivity index (χ4n) is 1.08. The Labute approximate surface area is 119 Å². The first-order valence-electron chi connectivity index (χ1n) is 4.58. The van der Waals surface area contributed by atoms with Gasteiger partial charge in [0.05, 0.1) is 7.11 Å². The van der Waals surface area contributed by atoms with E-state index in [1.54, 1.807) is 28.5 Å². The number of halogens is 1. The Morgan fingerprint density at radius 1 is 1.53 bits per heavy atom. The van der Waals surface area contributed by atoms with E-state index in [4.69, 9.17) is 0 Å². The highest BCUT2D eigenvalue weighted by molar-refractivity contribution is 9.10. The summed E-state index contributed by atoms with van der Waals surface area (Å²) in [4.78, 5) is 16.7. The molecule has 0 fully saturated rings. The monoisotopic (exact) mass is 349 g/mol. The van der Waals surface area contributed by atoms with Gasteiger partial charge in [0.25, 0.3) is 0 Å². The zero-order valence-corrected chi connectivity index (χ0v) is 12.8.